The third-order valence-electron chi connectivity index (χ3n) is 6.00. The van der Waals surface area contributed by atoms with Gasteiger partial charge in [-0.3, -0.25) is 14.6 Å². The highest BCUT2D eigenvalue weighted by atomic mass is 16.5. The van der Waals surface area contributed by atoms with Crippen molar-refractivity contribution in [2.24, 2.45) is 0 Å². The van der Waals surface area contributed by atoms with Crippen molar-refractivity contribution >= 4 is 17.7 Å². The second-order valence-corrected chi connectivity index (χ2v) is 8.10. The first-order valence-corrected chi connectivity index (χ1v) is 11.5. The minimum Gasteiger partial charge on any atom is -0.461 e. The number of hydrogen-bond donors (Lipinski definition) is 0. The first-order valence-electron chi connectivity index (χ1n) is 11.5. The van der Waals surface area contributed by atoms with Crippen LogP contribution >= 0.6 is 0 Å². The van der Waals surface area contributed by atoms with E-state index in [0.29, 0.717) is 34.6 Å². The van der Waals surface area contributed by atoms with Gasteiger partial charge in [0.25, 0.3) is 5.91 Å². The van der Waals surface area contributed by atoms with Gasteiger partial charge >= 0.3 is 5.97 Å². The average Bonchev–Trinajstić information content (AvgIpc) is 3.11. The zero-order valence-electron chi connectivity index (χ0n) is 20.4. The summed E-state index contributed by atoms with van der Waals surface area (Å²) in [6.07, 6.45) is 3.35. The van der Waals surface area contributed by atoms with Gasteiger partial charge in [0.05, 0.1) is 12.6 Å². The van der Waals surface area contributed by atoms with Crippen molar-refractivity contribution in [3.8, 4) is 0 Å². The second kappa shape index (κ2) is 10.9. The van der Waals surface area contributed by atoms with Gasteiger partial charge in [-0.05, 0) is 63.9 Å². The molecular formula is C27H31N3O4. The molecule has 0 bridgehead atoms. The Morgan fingerprint density at radius 1 is 1.06 bits per heavy atom. The molecule has 0 aliphatic rings. The number of ketones is 1. The number of ether oxygens (including phenoxy) is 1. The van der Waals surface area contributed by atoms with Gasteiger partial charge in [0.1, 0.15) is 5.69 Å². The van der Waals surface area contributed by atoms with E-state index >= 15 is 0 Å². The SMILES string of the molecule is CCOC(=O)c1c(C)c(C(=O)C(C)N(Cc2cccnc2)C(=O)c2ccccc2)c(C)n1CC. The zero-order chi connectivity index (χ0) is 24.8. The quantitative estimate of drug-likeness (QED) is 0.343. The van der Waals surface area contributed by atoms with Crippen LogP contribution in [-0.2, 0) is 17.8 Å². The molecule has 1 unspecified atom stereocenters. The lowest BCUT2D eigenvalue weighted by atomic mass is 9.99. The highest BCUT2D eigenvalue weighted by molar-refractivity contribution is 6.07. The highest BCUT2D eigenvalue weighted by Gasteiger charge is 2.33. The number of rotatable bonds is 9. The van der Waals surface area contributed by atoms with Crippen molar-refractivity contribution in [2.75, 3.05) is 6.61 Å². The van der Waals surface area contributed by atoms with Gasteiger partial charge in [0, 0.05) is 42.3 Å². The molecule has 7 nitrogen and oxygen atoms in total. The van der Waals surface area contributed by atoms with Crippen molar-refractivity contribution in [2.45, 2.75) is 53.8 Å². The molecule has 0 fully saturated rings. The van der Waals surface area contributed by atoms with Crippen LogP contribution < -0.4 is 0 Å². The van der Waals surface area contributed by atoms with Gasteiger partial charge < -0.3 is 14.2 Å². The topological polar surface area (TPSA) is 81.5 Å². The number of nitrogens with zero attached hydrogens (tertiary/aromatic N) is 3. The Labute approximate surface area is 200 Å². The predicted octanol–water partition coefficient (Wildman–Crippen LogP) is 4.61. The molecule has 178 valence electrons. The maximum absolute atomic E-state index is 13.8. The van der Waals surface area contributed by atoms with Gasteiger partial charge in [0.2, 0.25) is 0 Å². The van der Waals surface area contributed by atoms with Crippen LogP contribution in [-0.4, -0.2) is 44.8 Å². The summed E-state index contributed by atoms with van der Waals surface area (Å²) in [5, 5.41) is 0. The standard InChI is InChI=1S/C27H31N3O4/c1-6-29-19(4)23(18(3)24(29)27(33)34-7-2)25(31)20(5)30(17-21-12-11-15-28-16-21)26(32)22-13-9-8-10-14-22/h8-16,20H,6-7,17H2,1-5H3. The van der Waals surface area contributed by atoms with E-state index in [0.717, 1.165) is 5.56 Å². The Morgan fingerprint density at radius 3 is 2.35 bits per heavy atom. The summed E-state index contributed by atoms with van der Waals surface area (Å²) < 4.78 is 7.04. The lowest BCUT2D eigenvalue weighted by Crippen LogP contribution is -2.43. The summed E-state index contributed by atoms with van der Waals surface area (Å²) in [6, 6.07) is 11.8. The molecule has 7 heteroatoms. The lowest BCUT2D eigenvalue weighted by molar-refractivity contribution is 0.0512. The van der Waals surface area contributed by atoms with E-state index < -0.39 is 12.0 Å². The van der Waals surface area contributed by atoms with Crippen molar-refractivity contribution in [1.82, 2.24) is 14.5 Å². The average molecular weight is 462 g/mol. The Kier molecular flexibility index (Phi) is 7.99. The van der Waals surface area contributed by atoms with Gasteiger partial charge in [-0.2, -0.15) is 0 Å². The van der Waals surface area contributed by atoms with Crippen molar-refractivity contribution in [3.05, 3.63) is 88.5 Å². The summed E-state index contributed by atoms with van der Waals surface area (Å²) in [5.41, 5.74) is 3.41. The Balaban J connectivity index is 2.04. The summed E-state index contributed by atoms with van der Waals surface area (Å²) in [7, 11) is 0. The zero-order valence-corrected chi connectivity index (χ0v) is 20.4. The molecule has 34 heavy (non-hydrogen) atoms. The van der Waals surface area contributed by atoms with Crippen LogP contribution in [0.5, 0.6) is 0 Å². The van der Waals surface area contributed by atoms with E-state index in [4.69, 9.17) is 4.74 Å². The fourth-order valence-corrected chi connectivity index (χ4v) is 4.29. The Hall–Kier alpha value is -3.74. The number of Topliss-reactive ketones (excluding diaryl/α,β-unsaturated/α-hetero) is 1. The summed E-state index contributed by atoms with van der Waals surface area (Å²) in [6.45, 7) is 9.97. The molecule has 0 saturated heterocycles. The molecule has 2 heterocycles. The summed E-state index contributed by atoms with van der Waals surface area (Å²) in [5.74, 6) is -0.925. The Bertz CT molecular complexity index is 1170. The molecular weight excluding hydrogens is 430 g/mol. The number of esters is 1. The van der Waals surface area contributed by atoms with Crippen LogP contribution in [0.4, 0.5) is 0 Å². The smallest absolute Gasteiger partial charge is 0.355 e. The van der Waals surface area contributed by atoms with Crippen LogP contribution in [0.3, 0.4) is 0 Å². The molecule has 1 amide bonds. The van der Waals surface area contributed by atoms with Crippen LogP contribution in [0.1, 0.15) is 68.8 Å². The van der Waals surface area contributed by atoms with E-state index in [9.17, 15) is 14.4 Å². The molecule has 0 radical (unpaired) electrons. The monoisotopic (exact) mass is 461 g/mol. The fraction of sp³-hybridized carbons (Fsp3) is 0.333. The normalized spacial score (nSPS) is 11.7. The molecule has 1 atom stereocenters. The highest BCUT2D eigenvalue weighted by Crippen LogP contribution is 2.26. The molecule has 0 aliphatic heterocycles. The molecule has 0 N–H and O–H groups in total. The van der Waals surface area contributed by atoms with Gasteiger partial charge in [0.15, 0.2) is 5.78 Å². The van der Waals surface area contributed by atoms with Crippen molar-refractivity contribution in [1.29, 1.82) is 0 Å². The molecule has 0 spiro atoms. The molecule has 3 aromatic rings. The van der Waals surface area contributed by atoms with E-state index in [2.05, 4.69) is 4.98 Å². The van der Waals surface area contributed by atoms with Crippen LogP contribution in [0.15, 0.2) is 54.9 Å². The number of aromatic nitrogens is 2. The summed E-state index contributed by atoms with van der Waals surface area (Å²) in [4.78, 5) is 45.7. The van der Waals surface area contributed by atoms with Crippen molar-refractivity contribution in [3.63, 3.8) is 0 Å². The van der Waals surface area contributed by atoms with Crippen LogP contribution in [0, 0.1) is 13.8 Å². The number of hydrogen-bond acceptors (Lipinski definition) is 5. The first kappa shape index (κ1) is 24.9. The number of benzene rings is 1. The van der Waals surface area contributed by atoms with E-state index in [-0.39, 0.29) is 24.8 Å². The van der Waals surface area contributed by atoms with E-state index in [1.54, 1.807) is 73.0 Å². The first-order chi connectivity index (χ1) is 16.3. The third kappa shape index (κ3) is 4.93. The minimum atomic E-state index is -0.770. The third-order valence-corrected chi connectivity index (χ3v) is 6.00. The van der Waals surface area contributed by atoms with Crippen LogP contribution in [0.25, 0.3) is 0 Å². The molecule has 2 aromatic heterocycles. The lowest BCUT2D eigenvalue weighted by Gasteiger charge is -2.29. The molecule has 3 rings (SSSR count). The van der Waals surface area contributed by atoms with Crippen LogP contribution in [0.2, 0.25) is 0 Å². The number of pyridine rings is 1. The number of carbonyl (C=O) groups excluding carboxylic acids is 3. The minimum absolute atomic E-state index is 0.221. The largest absolute Gasteiger partial charge is 0.461 e. The van der Waals surface area contributed by atoms with Gasteiger partial charge in [-0.15, -0.1) is 0 Å². The van der Waals surface area contributed by atoms with Gasteiger partial charge in [-0.1, -0.05) is 24.3 Å². The summed E-state index contributed by atoms with van der Waals surface area (Å²) >= 11 is 0. The fourth-order valence-electron chi connectivity index (χ4n) is 4.29. The van der Waals surface area contributed by atoms with E-state index in [1.807, 2.05) is 26.0 Å². The Morgan fingerprint density at radius 2 is 1.76 bits per heavy atom. The van der Waals surface area contributed by atoms with Gasteiger partial charge in [-0.25, -0.2) is 4.79 Å². The number of carbonyl (C=O) groups is 3. The maximum Gasteiger partial charge on any atom is 0.355 e. The maximum atomic E-state index is 13.8. The predicted molar refractivity (Wildman–Crippen MR) is 130 cm³/mol. The number of amides is 1. The van der Waals surface area contributed by atoms with Crippen molar-refractivity contribution < 1.29 is 19.1 Å². The molecule has 0 saturated carbocycles. The second-order valence-electron chi connectivity index (χ2n) is 8.10. The molecule has 0 aliphatic carbocycles. The molecule has 1 aromatic carbocycles. The van der Waals surface area contributed by atoms with E-state index in [1.165, 1.54) is 0 Å².